The molecule has 4 N–H and O–H groups in total. The first-order valence-corrected chi connectivity index (χ1v) is 7.96. The molecule has 1 aliphatic rings. The standard InChI is InChI=1S/C16H22F2N4O2/c1-10-13(14(19)23)8-12(9-21-10)22-15(24)20-7-4-11-2-5-16(17,18)6-3-11/h8-9,11H,2-7H2,1H3,(H2,19,23)(H2,20,22,24). The Kier molecular flexibility index (Phi) is 5.69. The predicted octanol–water partition coefficient (Wildman–Crippen LogP) is 2.83. The smallest absolute Gasteiger partial charge is 0.319 e. The number of halogens is 2. The summed E-state index contributed by atoms with van der Waals surface area (Å²) in [6.45, 7) is 2.06. The van der Waals surface area contributed by atoms with Crippen molar-refractivity contribution in [2.24, 2.45) is 11.7 Å². The second-order valence-electron chi connectivity index (χ2n) is 6.19. The number of aromatic nitrogens is 1. The van der Waals surface area contributed by atoms with E-state index in [-0.39, 0.29) is 24.3 Å². The van der Waals surface area contributed by atoms with Crippen LogP contribution in [0.25, 0.3) is 0 Å². The van der Waals surface area contributed by atoms with Crippen molar-refractivity contribution < 1.29 is 18.4 Å². The third-order valence-corrected chi connectivity index (χ3v) is 4.29. The Bertz CT molecular complexity index is 612. The molecule has 1 aliphatic carbocycles. The van der Waals surface area contributed by atoms with Crippen LogP contribution in [0.5, 0.6) is 0 Å². The van der Waals surface area contributed by atoms with Crippen LogP contribution in [0.15, 0.2) is 12.3 Å². The lowest BCUT2D eigenvalue weighted by molar-refractivity contribution is -0.0463. The maximum absolute atomic E-state index is 13.1. The molecule has 1 saturated carbocycles. The van der Waals surface area contributed by atoms with E-state index in [1.54, 1.807) is 6.92 Å². The van der Waals surface area contributed by atoms with Crippen molar-refractivity contribution in [3.05, 3.63) is 23.5 Å². The summed E-state index contributed by atoms with van der Waals surface area (Å²) in [7, 11) is 0. The van der Waals surface area contributed by atoms with Gasteiger partial charge in [0.25, 0.3) is 5.91 Å². The van der Waals surface area contributed by atoms with Gasteiger partial charge in [0.15, 0.2) is 0 Å². The number of urea groups is 1. The summed E-state index contributed by atoms with van der Waals surface area (Å²) < 4.78 is 26.1. The zero-order chi connectivity index (χ0) is 17.7. The SMILES string of the molecule is Cc1ncc(NC(=O)NCCC2CCC(F)(F)CC2)cc1C(N)=O. The molecule has 0 spiro atoms. The molecule has 6 nitrogen and oxygen atoms in total. The molecule has 1 fully saturated rings. The van der Waals surface area contributed by atoms with Crippen LogP contribution in [0, 0.1) is 12.8 Å². The number of anilines is 1. The largest absolute Gasteiger partial charge is 0.366 e. The number of pyridine rings is 1. The number of nitrogens with zero attached hydrogens (tertiary/aromatic N) is 1. The van der Waals surface area contributed by atoms with Gasteiger partial charge in [-0.3, -0.25) is 9.78 Å². The van der Waals surface area contributed by atoms with Gasteiger partial charge in [-0.25, -0.2) is 13.6 Å². The highest BCUT2D eigenvalue weighted by Crippen LogP contribution is 2.37. The maximum Gasteiger partial charge on any atom is 0.319 e. The Hall–Kier alpha value is -2.25. The molecule has 8 heteroatoms. The lowest BCUT2D eigenvalue weighted by Gasteiger charge is -2.28. The molecule has 132 valence electrons. The molecule has 1 aromatic rings. The Labute approximate surface area is 139 Å². The summed E-state index contributed by atoms with van der Waals surface area (Å²) in [5.74, 6) is -2.93. The third kappa shape index (κ3) is 5.14. The Balaban J connectivity index is 1.76. The monoisotopic (exact) mass is 340 g/mol. The second-order valence-corrected chi connectivity index (χ2v) is 6.19. The normalized spacial score (nSPS) is 17.3. The molecule has 0 atom stereocenters. The number of nitrogens with one attached hydrogen (secondary N) is 2. The average molecular weight is 340 g/mol. The van der Waals surface area contributed by atoms with E-state index in [2.05, 4.69) is 15.6 Å². The van der Waals surface area contributed by atoms with E-state index < -0.39 is 17.9 Å². The Morgan fingerprint density at radius 1 is 1.38 bits per heavy atom. The third-order valence-electron chi connectivity index (χ3n) is 4.29. The van der Waals surface area contributed by atoms with Crippen molar-refractivity contribution in [1.29, 1.82) is 0 Å². The zero-order valence-electron chi connectivity index (χ0n) is 13.6. The van der Waals surface area contributed by atoms with Crippen molar-refractivity contribution >= 4 is 17.6 Å². The number of hydrogen-bond acceptors (Lipinski definition) is 3. The number of carbonyl (C=O) groups excluding carboxylic acids is 2. The highest BCUT2D eigenvalue weighted by molar-refractivity contribution is 5.96. The van der Waals surface area contributed by atoms with Crippen LogP contribution in [-0.2, 0) is 0 Å². The van der Waals surface area contributed by atoms with E-state index in [1.165, 1.54) is 12.3 Å². The second kappa shape index (κ2) is 7.55. The van der Waals surface area contributed by atoms with Crippen LogP contribution in [0.1, 0.15) is 48.2 Å². The van der Waals surface area contributed by atoms with Crippen LogP contribution < -0.4 is 16.4 Å². The maximum atomic E-state index is 13.1. The lowest BCUT2D eigenvalue weighted by Crippen LogP contribution is -2.32. The van der Waals surface area contributed by atoms with Gasteiger partial charge >= 0.3 is 6.03 Å². The first kappa shape index (κ1) is 18.1. The topological polar surface area (TPSA) is 97.1 Å². The molecule has 24 heavy (non-hydrogen) atoms. The Morgan fingerprint density at radius 3 is 2.67 bits per heavy atom. The number of rotatable bonds is 5. The van der Waals surface area contributed by atoms with Crippen molar-refractivity contribution in [1.82, 2.24) is 10.3 Å². The lowest BCUT2D eigenvalue weighted by atomic mass is 9.85. The number of alkyl halides is 2. The van der Waals surface area contributed by atoms with Crippen LogP contribution in [-0.4, -0.2) is 29.4 Å². The van der Waals surface area contributed by atoms with E-state index in [4.69, 9.17) is 5.73 Å². The van der Waals surface area contributed by atoms with Crippen LogP contribution in [0.3, 0.4) is 0 Å². The molecule has 0 aromatic carbocycles. The summed E-state index contributed by atoms with van der Waals surface area (Å²) in [5, 5.41) is 5.26. The molecular weight excluding hydrogens is 318 g/mol. The molecule has 0 bridgehead atoms. The van der Waals surface area contributed by atoms with Crippen molar-refractivity contribution in [2.45, 2.75) is 45.0 Å². The van der Waals surface area contributed by atoms with E-state index in [0.717, 1.165) is 0 Å². The Morgan fingerprint density at radius 2 is 2.04 bits per heavy atom. The molecular formula is C16H22F2N4O2. The van der Waals surface area contributed by atoms with Crippen LogP contribution in [0.2, 0.25) is 0 Å². The van der Waals surface area contributed by atoms with Crippen LogP contribution in [0.4, 0.5) is 19.3 Å². The first-order chi connectivity index (χ1) is 11.3. The molecule has 0 saturated heterocycles. The fourth-order valence-corrected chi connectivity index (χ4v) is 2.80. The van der Waals surface area contributed by atoms with Gasteiger partial charge in [0.05, 0.1) is 23.1 Å². The van der Waals surface area contributed by atoms with E-state index in [1.807, 2.05) is 0 Å². The van der Waals surface area contributed by atoms with Gasteiger partial charge < -0.3 is 16.4 Å². The van der Waals surface area contributed by atoms with Crippen LogP contribution >= 0.6 is 0 Å². The average Bonchev–Trinajstić information content (AvgIpc) is 2.50. The number of hydrogen-bond donors (Lipinski definition) is 3. The van der Waals surface area contributed by atoms with Crippen molar-refractivity contribution in [3.8, 4) is 0 Å². The summed E-state index contributed by atoms with van der Waals surface area (Å²) in [5.41, 5.74) is 6.34. The fraction of sp³-hybridized carbons (Fsp3) is 0.562. The predicted molar refractivity (Wildman–Crippen MR) is 86.0 cm³/mol. The van der Waals surface area contributed by atoms with E-state index in [9.17, 15) is 18.4 Å². The number of amides is 3. The van der Waals surface area contributed by atoms with Gasteiger partial charge in [-0.1, -0.05) is 0 Å². The van der Waals surface area contributed by atoms with E-state index in [0.29, 0.717) is 37.2 Å². The van der Waals surface area contributed by atoms with Crippen molar-refractivity contribution in [2.75, 3.05) is 11.9 Å². The van der Waals surface area contributed by atoms with E-state index >= 15 is 0 Å². The molecule has 0 radical (unpaired) electrons. The molecule has 1 aromatic heterocycles. The summed E-state index contributed by atoms with van der Waals surface area (Å²) >= 11 is 0. The quantitative estimate of drug-likeness (QED) is 0.769. The van der Waals surface area contributed by atoms with Gasteiger partial charge in [-0.05, 0) is 38.2 Å². The van der Waals surface area contributed by atoms with Gasteiger partial charge in [0.2, 0.25) is 5.92 Å². The number of carbonyl (C=O) groups is 2. The van der Waals surface area contributed by atoms with Gasteiger partial charge in [0.1, 0.15) is 0 Å². The first-order valence-electron chi connectivity index (χ1n) is 7.96. The minimum absolute atomic E-state index is 0.0746. The minimum Gasteiger partial charge on any atom is -0.366 e. The molecule has 1 heterocycles. The van der Waals surface area contributed by atoms with Gasteiger partial charge in [0, 0.05) is 19.4 Å². The highest BCUT2D eigenvalue weighted by atomic mass is 19.3. The minimum atomic E-state index is -2.53. The molecule has 0 unspecified atom stereocenters. The number of aryl methyl sites for hydroxylation is 1. The zero-order valence-corrected chi connectivity index (χ0v) is 13.6. The van der Waals surface area contributed by atoms with Gasteiger partial charge in [-0.15, -0.1) is 0 Å². The fourth-order valence-electron chi connectivity index (χ4n) is 2.80. The summed E-state index contributed by atoms with van der Waals surface area (Å²) in [6.07, 6.45) is 2.93. The summed E-state index contributed by atoms with van der Waals surface area (Å²) in [6, 6.07) is 1.03. The molecule has 2 rings (SSSR count). The van der Waals surface area contributed by atoms with Crippen molar-refractivity contribution in [3.63, 3.8) is 0 Å². The highest BCUT2D eigenvalue weighted by Gasteiger charge is 2.34. The number of nitrogens with two attached hydrogens (primary N) is 1. The molecule has 3 amide bonds. The number of primary amides is 1. The summed E-state index contributed by atoms with van der Waals surface area (Å²) in [4.78, 5) is 27.1. The molecule has 0 aliphatic heterocycles. The van der Waals surface area contributed by atoms with Gasteiger partial charge in [-0.2, -0.15) is 0 Å².